The Morgan fingerprint density at radius 3 is 2.73 bits per heavy atom. The van der Waals surface area contributed by atoms with Gasteiger partial charge in [-0.3, -0.25) is 9.69 Å². The number of hydrogen-bond acceptors (Lipinski definition) is 4. The Hall–Kier alpha value is -2.21. The standard InChI is InChI=1S/C20H29N5O/c1-15(2)19(24-9-7-16(3)8-10-24)12-22-20(26)17-5-4-6-18(11-17)25-14-21-13-23-25/h4-6,11,13-16,19H,7-10,12H2,1-3H3,(H,22,26). The van der Waals surface area contributed by atoms with E-state index in [0.717, 1.165) is 24.7 Å². The number of piperidine rings is 1. The highest BCUT2D eigenvalue weighted by Crippen LogP contribution is 2.21. The molecule has 1 amide bonds. The number of likely N-dealkylation sites (tertiary alicyclic amines) is 1. The molecule has 0 aliphatic carbocycles. The van der Waals surface area contributed by atoms with Gasteiger partial charge in [0.1, 0.15) is 12.7 Å². The van der Waals surface area contributed by atoms with Crippen LogP contribution in [-0.2, 0) is 0 Å². The van der Waals surface area contributed by atoms with Gasteiger partial charge in [-0.05, 0) is 56.0 Å². The van der Waals surface area contributed by atoms with Crippen LogP contribution in [0.2, 0.25) is 0 Å². The lowest BCUT2D eigenvalue weighted by atomic mass is 9.94. The number of amides is 1. The molecule has 0 saturated carbocycles. The summed E-state index contributed by atoms with van der Waals surface area (Å²) in [6.45, 7) is 9.73. The van der Waals surface area contributed by atoms with Gasteiger partial charge >= 0.3 is 0 Å². The first-order valence-corrected chi connectivity index (χ1v) is 9.52. The third kappa shape index (κ3) is 4.49. The number of nitrogens with zero attached hydrogens (tertiary/aromatic N) is 4. The van der Waals surface area contributed by atoms with Gasteiger partial charge in [0.2, 0.25) is 0 Å². The fourth-order valence-corrected chi connectivity index (χ4v) is 3.58. The average Bonchev–Trinajstić information content (AvgIpc) is 3.18. The molecule has 140 valence electrons. The molecule has 1 aromatic carbocycles. The van der Waals surface area contributed by atoms with Crippen LogP contribution in [0.3, 0.4) is 0 Å². The normalized spacial score (nSPS) is 17.4. The third-order valence-electron chi connectivity index (χ3n) is 5.32. The average molecular weight is 355 g/mol. The van der Waals surface area contributed by atoms with Gasteiger partial charge in [-0.1, -0.05) is 26.8 Å². The second kappa shape index (κ2) is 8.45. The molecule has 1 aromatic heterocycles. The van der Waals surface area contributed by atoms with Crippen LogP contribution >= 0.6 is 0 Å². The quantitative estimate of drug-likeness (QED) is 0.865. The molecule has 1 unspecified atom stereocenters. The van der Waals surface area contributed by atoms with Gasteiger partial charge in [-0.2, -0.15) is 5.10 Å². The van der Waals surface area contributed by atoms with Crippen molar-refractivity contribution < 1.29 is 4.79 Å². The molecule has 26 heavy (non-hydrogen) atoms. The number of aromatic nitrogens is 3. The zero-order valence-corrected chi connectivity index (χ0v) is 15.9. The van der Waals surface area contributed by atoms with Gasteiger partial charge in [0.25, 0.3) is 5.91 Å². The lowest BCUT2D eigenvalue weighted by Gasteiger charge is -2.38. The molecule has 3 rings (SSSR count). The van der Waals surface area contributed by atoms with Crippen molar-refractivity contribution in [2.45, 2.75) is 39.7 Å². The van der Waals surface area contributed by atoms with Crippen molar-refractivity contribution in [3.63, 3.8) is 0 Å². The molecule has 2 aromatic rings. The second-order valence-corrected chi connectivity index (χ2v) is 7.63. The van der Waals surface area contributed by atoms with Crippen LogP contribution in [0.1, 0.15) is 44.0 Å². The summed E-state index contributed by atoms with van der Waals surface area (Å²) in [6, 6.07) is 7.85. The van der Waals surface area contributed by atoms with E-state index in [4.69, 9.17) is 0 Å². The smallest absolute Gasteiger partial charge is 0.251 e. The van der Waals surface area contributed by atoms with E-state index in [9.17, 15) is 4.79 Å². The second-order valence-electron chi connectivity index (χ2n) is 7.63. The molecule has 6 nitrogen and oxygen atoms in total. The minimum atomic E-state index is -0.0389. The highest BCUT2D eigenvalue weighted by molar-refractivity contribution is 5.94. The van der Waals surface area contributed by atoms with Crippen LogP contribution in [0.25, 0.3) is 5.69 Å². The molecule has 1 atom stereocenters. The fourth-order valence-electron chi connectivity index (χ4n) is 3.58. The predicted molar refractivity (Wildman–Crippen MR) is 102 cm³/mol. The molecule has 1 aliphatic rings. The van der Waals surface area contributed by atoms with Crippen molar-refractivity contribution in [1.82, 2.24) is 25.0 Å². The van der Waals surface area contributed by atoms with Gasteiger partial charge in [0, 0.05) is 18.2 Å². The monoisotopic (exact) mass is 355 g/mol. The Balaban J connectivity index is 1.62. The molecule has 6 heteroatoms. The fraction of sp³-hybridized carbons (Fsp3) is 0.550. The molecule has 1 saturated heterocycles. The van der Waals surface area contributed by atoms with Crippen LogP contribution in [0.15, 0.2) is 36.9 Å². The van der Waals surface area contributed by atoms with Crippen molar-refractivity contribution in [1.29, 1.82) is 0 Å². The molecule has 0 radical (unpaired) electrons. The highest BCUT2D eigenvalue weighted by atomic mass is 16.1. The Bertz CT molecular complexity index is 705. The van der Waals surface area contributed by atoms with E-state index in [1.807, 2.05) is 24.3 Å². The number of carbonyl (C=O) groups is 1. The van der Waals surface area contributed by atoms with E-state index < -0.39 is 0 Å². The zero-order valence-electron chi connectivity index (χ0n) is 15.9. The van der Waals surface area contributed by atoms with Crippen molar-refractivity contribution in [2.75, 3.05) is 19.6 Å². The van der Waals surface area contributed by atoms with Crippen LogP contribution < -0.4 is 5.32 Å². The maximum absolute atomic E-state index is 12.7. The van der Waals surface area contributed by atoms with Crippen LogP contribution in [-0.4, -0.2) is 51.2 Å². The van der Waals surface area contributed by atoms with Crippen LogP contribution in [0, 0.1) is 11.8 Å². The lowest BCUT2D eigenvalue weighted by Crippen LogP contribution is -2.49. The Kier molecular flexibility index (Phi) is 6.04. The number of rotatable bonds is 6. The van der Waals surface area contributed by atoms with Gasteiger partial charge in [0.15, 0.2) is 0 Å². The number of hydrogen-bond donors (Lipinski definition) is 1. The summed E-state index contributed by atoms with van der Waals surface area (Å²) in [4.78, 5) is 19.1. The third-order valence-corrected chi connectivity index (χ3v) is 5.32. The van der Waals surface area contributed by atoms with Crippen molar-refractivity contribution in [2.24, 2.45) is 11.8 Å². The maximum atomic E-state index is 12.7. The zero-order chi connectivity index (χ0) is 18.5. The van der Waals surface area contributed by atoms with Crippen molar-refractivity contribution >= 4 is 5.91 Å². The van der Waals surface area contributed by atoms with Gasteiger partial charge in [-0.25, -0.2) is 9.67 Å². The molecule has 1 N–H and O–H groups in total. The minimum absolute atomic E-state index is 0.0389. The summed E-state index contributed by atoms with van der Waals surface area (Å²) < 4.78 is 1.66. The molecular weight excluding hydrogens is 326 g/mol. The Morgan fingerprint density at radius 1 is 1.31 bits per heavy atom. The minimum Gasteiger partial charge on any atom is -0.350 e. The maximum Gasteiger partial charge on any atom is 0.251 e. The van der Waals surface area contributed by atoms with Crippen LogP contribution in [0.5, 0.6) is 0 Å². The summed E-state index contributed by atoms with van der Waals surface area (Å²) in [6.07, 6.45) is 5.61. The summed E-state index contributed by atoms with van der Waals surface area (Å²) in [5.74, 6) is 1.28. The van der Waals surface area contributed by atoms with E-state index in [1.54, 1.807) is 11.0 Å². The van der Waals surface area contributed by atoms with E-state index in [1.165, 1.54) is 19.2 Å². The summed E-state index contributed by atoms with van der Waals surface area (Å²) >= 11 is 0. The number of benzene rings is 1. The molecule has 2 heterocycles. The molecule has 0 bridgehead atoms. The first kappa shape index (κ1) is 18.6. The van der Waals surface area contributed by atoms with Gasteiger partial charge in [-0.15, -0.1) is 0 Å². The van der Waals surface area contributed by atoms with Crippen LogP contribution in [0.4, 0.5) is 0 Å². The topological polar surface area (TPSA) is 63.1 Å². The van der Waals surface area contributed by atoms with E-state index >= 15 is 0 Å². The van der Waals surface area contributed by atoms with Crippen molar-refractivity contribution in [3.8, 4) is 5.69 Å². The largest absolute Gasteiger partial charge is 0.350 e. The Labute approximate surface area is 155 Å². The first-order valence-electron chi connectivity index (χ1n) is 9.52. The van der Waals surface area contributed by atoms with E-state index in [0.29, 0.717) is 24.1 Å². The Morgan fingerprint density at radius 2 is 2.08 bits per heavy atom. The van der Waals surface area contributed by atoms with Gasteiger partial charge < -0.3 is 5.32 Å². The summed E-state index contributed by atoms with van der Waals surface area (Å²) in [5.41, 5.74) is 1.48. The van der Waals surface area contributed by atoms with E-state index in [-0.39, 0.29) is 5.91 Å². The lowest BCUT2D eigenvalue weighted by molar-refractivity contribution is 0.0863. The summed E-state index contributed by atoms with van der Waals surface area (Å²) in [7, 11) is 0. The summed E-state index contributed by atoms with van der Waals surface area (Å²) in [5, 5.41) is 7.25. The van der Waals surface area contributed by atoms with E-state index in [2.05, 4.69) is 41.1 Å². The number of nitrogens with one attached hydrogen (secondary N) is 1. The molecule has 0 spiro atoms. The highest BCUT2D eigenvalue weighted by Gasteiger charge is 2.26. The number of carbonyl (C=O) groups excluding carboxylic acids is 1. The predicted octanol–water partition coefficient (Wildman–Crippen LogP) is 2.75. The van der Waals surface area contributed by atoms with Gasteiger partial charge in [0.05, 0.1) is 5.69 Å². The van der Waals surface area contributed by atoms with Crippen molar-refractivity contribution in [3.05, 3.63) is 42.5 Å². The first-order chi connectivity index (χ1) is 12.5. The molecular formula is C20H29N5O. The molecule has 1 fully saturated rings. The molecule has 1 aliphatic heterocycles. The SMILES string of the molecule is CC1CCN(C(CNC(=O)c2cccc(-n3cncn3)c2)C(C)C)CC1.